The fourth-order valence-corrected chi connectivity index (χ4v) is 2.39. The van der Waals surface area contributed by atoms with Crippen molar-refractivity contribution in [1.82, 2.24) is 0 Å². The highest BCUT2D eigenvalue weighted by atomic mass is 79.9. The van der Waals surface area contributed by atoms with Crippen LogP contribution in [0.4, 0.5) is 0 Å². The number of halogens is 1. The molecule has 2 rings (SSSR count). The van der Waals surface area contributed by atoms with Gasteiger partial charge < -0.3 is 0 Å². The third-order valence-corrected chi connectivity index (χ3v) is 3.58. The summed E-state index contributed by atoms with van der Waals surface area (Å²) in [4.78, 5) is 0.570. The summed E-state index contributed by atoms with van der Waals surface area (Å²) in [7, 11) is 0. The van der Waals surface area contributed by atoms with Crippen LogP contribution in [0, 0.1) is 12.8 Å². The average Bonchev–Trinajstić information content (AvgIpc) is 2.89. The van der Waals surface area contributed by atoms with Crippen LogP contribution in [0.3, 0.4) is 0 Å². The maximum absolute atomic E-state index is 3.75. The topological polar surface area (TPSA) is 0 Å². The van der Waals surface area contributed by atoms with Crippen LogP contribution in [0.2, 0.25) is 0 Å². The van der Waals surface area contributed by atoms with Crippen molar-refractivity contribution in [3.63, 3.8) is 0 Å². The van der Waals surface area contributed by atoms with Crippen LogP contribution < -0.4 is 0 Å². The second-order valence-corrected chi connectivity index (χ2v) is 5.16. The molecule has 1 aliphatic carbocycles. The molecular formula is C12H15Br. The Kier molecular flexibility index (Phi) is 2.73. The van der Waals surface area contributed by atoms with E-state index in [2.05, 4.69) is 47.1 Å². The van der Waals surface area contributed by atoms with Gasteiger partial charge in [0.25, 0.3) is 0 Å². The molecule has 0 bridgehead atoms. The number of rotatable bonds is 3. The number of aryl methyl sites for hydroxylation is 1. The largest absolute Gasteiger partial charge is 0.0839 e. The molecule has 1 aromatic carbocycles. The van der Waals surface area contributed by atoms with E-state index < -0.39 is 0 Å². The van der Waals surface area contributed by atoms with Crippen LogP contribution in [0.1, 0.15) is 35.2 Å². The lowest BCUT2D eigenvalue weighted by molar-refractivity contribution is 0.721. The van der Waals surface area contributed by atoms with Gasteiger partial charge >= 0.3 is 0 Å². The van der Waals surface area contributed by atoms with Crippen LogP contribution in [0.25, 0.3) is 0 Å². The van der Waals surface area contributed by atoms with Gasteiger partial charge in [0, 0.05) is 4.83 Å². The summed E-state index contributed by atoms with van der Waals surface area (Å²) in [5, 5.41) is 0. The summed E-state index contributed by atoms with van der Waals surface area (Å²) in [6.45, 7) is 2.13. The van der Waals surface area contributed by atoms with E-state index in [1.807, 2.05) is 0 Å². The zero-order valence-corrected chi connectivity index (χ0v) is 9.55. The minimum atomic E-state index is 0.570. The highest BCUT2D eigenvalue weighted by Gasteiger charge is 2.24. The van der Waals surface area contributed by atoms with E-state index in [0.29, 0.717) is 4.83 Å². The quantitative estimate of drug-likeness (QED) is 0.692. The summed E-state index contributed by atoms with van der Waals surface area (Å²) in [6, 6.07) is 8.85. The van der Waals surface area contributed by atoms with Gasteiger partial charge in [-0.15, -0.1) is 0 Å². The van der Waals surface area contributed by atoms with Crippen molar-refractivity contribution in [3.05, 3.63) is 35.4 Å². The summed E-state index contributed by atoms with van der Waals surface area (Å²) in [5.74, 6) is 0.991. The molecule has 1 atom stereocenters. The Balaban J connectivity index is 2.01. The molecule has 0 amide bonds. The lowest BCUT2D eigenvalue weighted by Gasteiger charge is -2.09. The molecule has 70 valence electrons. The SMILES string of the molecule is Cc1ccc(C(Br)CC2CC2)cc1. The van der Waals surface area contributed by atoms with Gasteiger partial charge in [0.1, 0.15) is 0 Å². The molecular weight excluding hydrogens is 224 g/mol. The average molecular weight is 239 g/mol. The fraction of sp³-hybridized carbons (Fsp3) is 0.500. The normalized spacial score (nSPS) is 18.6. The van der Waals surface area contributed by atoms with Crippen LogP contribution in [-0.2, 0) is 0 Å². The van der Waals surface area contributed by atoms with Crippen molar-refractivity contribution < 1.29 is 0 Å². The summed E-state index contributed by atoms with van der Waals surface area (Å²) in [6.07, 6.45) is 4.19. The van der Waals surface area contributed by atoms with E-state index in [4.69, 9.17) is 0 Å². The third-order valence-electron chi connectivity index (χ3n) is 2.68. The minimum absolute atomic E-state index is 0.570. The van der Waals surface area contributed by atoms with Crippen molar-refractivity contribution in [1.29, 1.82) is 0 Å². The first-order valence-electron chi connectivity index (χ1n) is 4.96. The molecule has 1 fully saturated rings. The van der Waals surface area contributed by atoms with Crippen LogP contribution >= 0.6 is 15.9 Å². The van der Waals surface area contributed by atoms with Crippen molar-refractivity contribution >= 4 is 15.9 Å². The van der Waals surface area contributed by atoms with E-state index in [-0.39, 0.29) is 0 Å². The van der Waals surface area contributed by atoms with Gasteiger partial charge in [0.05, 0.1) is 0 Å². The van der Waals surface area contributed by atoms with Gasteiger partial charge in [-0.05, 0) is 24.8 Å². The van der Waals surface area contributed by atoms with E-state index in [0.717, 1.165) is 5.92 Å². The molecule has 0 saturated heterocycles. The predicted molar refractivity (Wildman–Crippen MR) is 60.2 cm³/mol. The molecule has 0 aromatic heterocycles. The van der Waals surface area contributed by atoms with Gasteiger partial charge in [-0.2, -0.15) is 0 Å². The van der Waals surface area contributed by atoms with Gasteiger partial charge in [0.2, 0.25) is 0 Å². The monoisotopic (exact) mass is 238 g/mol. The first-order chi connectivity index (χ1) is 6.25. The number of benzene rings is 1. The Morgan fingerprint density at radius 1 is 1.31 bits per heavy atom. The van der Waals surface area contributed by atoms with E-state index in [9.17, 15) is 0 Å². The first-order valence-corrected chi connectivity index (χ1v) is 5.88. The molecule has 0 nitrogen and oxygen atoms in total. The molecule has 1 unspecified atom stereocenters. The number of hydrogen-bond acceptors (Lipinski definition) is 0. The van der Waals surface area contributed by atoms with E-state index in [1.54, 1.807) is 0 Å². The molecule has 1 aromatic rings. The van der Waals surface area contributed by atoms with E-state index >= 15 is 0 Å². The Labute approximate surface area is 88.5 Å². The molecule has 1 saturated carbocycles. The first kappa shape index (κ1) is 9.26. The maximum atomic E-state index is 3.75. The van der Waals surface area contributed by atoms with Gasteiger partial charge in [0.15, 0.2) is 0 Å². The molecule has 0 aliphatic heterocycles. The number of hydrogen-bond donors (Lipinski definition) is 0. The molecule has 13 heavy (non-hydrogen) atoms. The van der Waals surface area contributed by atoms with Gasteiger partial charge in [-0.25, -0.2) is 0 Å². The highest BCUT2D eigenvalue weighted by Crippen LogP contribution is 2.41. The van der Waals surface area contributed by atoms with Crippen LogP contribution in [-0.4, -0.2) is 0 Å². The highest BCUT2D eigenvalue weighted by molar-refractivity contribution is 9.09. The lowest BCUT2D eigenvalue weighted by atomic mass is 10.1. The number of alkyl halides is 1. The van der Waals surface area contributed by atoms with Crippen LogP contribution in [0.15, 0.2) is 24.3 Å². The zero-order valence-electron chi connectivity index (χ0n) is 7.96. The Bertz CT molecular complexity index is 272. The van der Waals surface area contributed by atoms with Gasteiger partial charge in [-0.3, -0.25) is 0 Å². The fourth-order valence-electron chi connectivity index (χ4n) is 1.56. The molecule has 1 heteroatoms. The zero-order chi connectivity index (χ0) is 9.26. The van der Waals surface area contributed by atoms with Gasteiger partial charge in [-0.1, -0.05) is 58.6 Å². The van der Waals surface area contributed by atoms with Crippen molar-refractivity contribution in [2.75, 3.05) is 0 Å². The molecule has 0 N–H and O–H groups in total. The second-order valence-electron chi connectivity index (χ2n) is 4.06. The summed E-state index contributed by atoms with van der Waals surface area (Å²) < 4.78 is 0. The maximum Gasteiger partial charge on any atom is 0.0397 e. The predicted octanol–water partition coefficient (Wildman–Crippen LogP) is 4.23. The van der Waals surface area contributed by atoms with E-state index in [1.165, 1.54) is 30.4 Å². The molecule has 0 heterocycles. The third kappa shape index (κ3) is 2.57. The summed E-state index contributed by atoms with van der Waals surface area (Å²) >= 11 is 3.75. The lowest BCUT2D eigenvalue weighted by Crippen LogP contribution is -1.91. The molecule has 1 aliphatic rings. The Morgan fingerprint density at radius 2 is 1.92 bits per heavy atom. The standard InChI is InChI=1S/C12H15Br/c1-9-2-6-11(7-3-9)12(13)8-10-4-5-10/h2-3,6-7,10,12H,4-5,8H2,1H3. The van der Waals surface area contributed by atoms with Crippen LogP contribution in [0.5, 0.6) is 0 Å². The molecule has 0 radical (unpaired) electrons. The molecule has 0 spiro atoms. The van der Waals surface area contributed by atoms with Crippen molar-refractivity contribution in [2.45, 2.75) is 31.0 Å². The summed E-state index contributed by atoms with van der Waals surface area (Å²) in [5.41, 5.74) is 2.77. The van der Waals surface area contributed by atoms with Crippen molar-refractivity contribution in [2.24, 2.45) is 5.92 Å². The van der Waals surface area contributed by atoms with Crippen molar-refractivity contribution in [3.8, 4) is 0 Å². The Hall–Kier alpha value is -0.300. The second kappa shape index (κ2) is 3.83. The minimum Gasteiger partial charge on any atom is -0.0839 e. The smallest absolute Gasteiger partial charge is 0.0397 e. The Morgan fingerprint density at radius 3 is 2.46 bits per heavy atom.